The van der Waals surface area contributed by atoms with E-state index in [2.05, 4.69) is 5.32 Å². The zero-order chi connectivity index (χ0) is 26.7. The van der Waals surface area contributed by atoms with Gasteiger partial charge in [0.2, 0.25) is 11.8 Å². The van der Waals surface area contributed by atoms with Crippen molar-refractivity contribution in [2.24, 2.45) is 0 Å². The Hall–Kier alpha value is -4.09. The Balaban J connectivity index is 1.58. The van der Waals surface area contributed by atoms with E-state index in [9.17, 15) is 9.59 Å². The van der Waals surface area contributed by atoms with Gasteiger partial charge < -0.3 is 15.0 Å². The number of hydrogen-bond donors (Lipinski definition) is 1. The van der Waals surface area contributed by atoms with Crippen molar-refractivity contribution < 1.29 is 14.3 Å². The van der Waals surface area contributed by atoms with Crippen LogP contribution in [0.3, 0.4) is 0 Å². The SMILES string of the molecule is COc1ccc(CCNC(=O)[C@@H](c2ccccc2)N(Cc2ccccc2)C(=O)Cc2ccc(Cl)cc2)cc1. The average Bonchev–Trinajstić information content (AvgIpc) is 2.95. The van der Waals surface area contributed by atoms with Gasteiger partial charge in [0.05, 0.1) is 13.5 Å². The highest BCUT2D eigenvalue weighted by Crippen LogP contribution is 2.25. The van der Waals surface area contributed by atoms with Gasteiger partial charge in [0.25, 0.3) is 0 Å². The van der Waals surface area contributed by atoms with Crippen molar-refractivity contribution in [1.82, 2.24) is 10.2 Å². The summed E-state index contributed by atoms with van der Waals surface area (Å²) in [5.41, 5.74) is 3.63. The monoisotopic (exact) mass is 526 g/mol. The number of methoxy groups -OCH3 is 1. The van der Waals surface area contributed by atoms with Crippen LogP contribution in [0.1, 0.15) is 28.3 Å². The molecule has 5 nitrogen and oxygen atoms in total. The molecule has 0 heterocycles. The molecule has 1 atom stereocenters. The summed E-state index contributed by atoms with van der Waals surface area (Å²) in [6.45, 7) is 0.748. The molecule has 0 aliphatic heterocycles. The molecule has 6 heteroatoms. The molecule has 2 amide bonds. The molecule has 4 rings (SSSR count). The third kappa shape index (κ3) is 7.46. The normalized spacial score (nSPS) is 11.4. The molecule has 0 saturated heterocycles. The Morgan fingerprint density at radius 2 is 1.39 bits per heavy atom. The second kappa shape index (κ2) is 13.5. The van der Waals surface area contributed by atoms with Crippen molar-refractivity contribution in [3.63, 3.8) is 0 Å². The number of nitrogens with zero attached hydrogens (tertiary/aromatic N) is 1. The fourth-order valence-corrected chi connectivity index (χ4v) is 4.44. The maximum absolute atomic E-state index is 13.8. The van der Waals surface area contributed by atoms with E-state index < -0.39 is 6.04 Å². The lowest BCUT2D eigenvalue weighted by molar-refractivity contribution is -0.141. The number of halogens is 1. The number of carbonyl (C=O) groups is 2. The van der Waals surface area contributed by atoms with E-state index in [0.717, 1.165) is 28.0 Å². The molecule has 0 saturated carbocycles. The fourth-order valence-electron chi connectivity index (χ4n) is 4.31. The van der Waals surface area contributed by atoms with Crippen molar-refractivity contribution >= 4 is 23.4 Å². The third-order valence-electron chi connectivity index (χ3n) is 6.33. The van der Waals surface area contributed by atoms with E-state index in [4.69, 9.17) is 16.3 Å². The van der Waals surface area contributed by atoms with Crippen molar-refractivity contribution in [3.05, 3.63) is 136 Å². The first kappa shape index (κ1) is 27.0. The van der Waals surface area contributed by atoms with E-state index in [-0.39, 0.29) is 18.2 Å². The second-order valence-corrected chi connectivity index (χ2v) is 9.45. The molecule has 4 aromatic carbocycles. The van der Waals surface area contributed by atoms with Crippen LogP contribution < -0.4 is 10.1 Å². The maximum atomic E-state index is 13.8. The molecule has 1 N–H and O–H groups in total. The Morgan fingerprint density at radius 3 is 2.03 bits per heavy atom. The molecule has 0 unspecified atom stereocenters. The van der Waals surface area contributed by atoms with Crippen LogP contribution >= 0.6 is 11.6 Å². The number of amides is 2. The molecular formula is C32H31ClN2O3. The fraction of sp³-hybridized carbons (Fsp3) is 0.188. The summed E-state index contributed by atoms with van der Waals surface area (Å²) in [7, 11) is 1.63. The summed E-state index contributed by atoms with van der Waals surface area (Å²) in [5, 5.41) is 3.68. The van der Waals surface area contributed by atoms with Gasteiger partial charge in [-0.1, -0.05) is 96.5 Å². The van der Waals surface area contributed by atoms with Crippen LogP contribution in [0.5, 0.6) is 5.75 Å². The first-order chi connectivity index (χ1) is 18.5. The van der Waals surface area contributed by atoms with Crippen molar-refractivity contribution in [2.75, 3.05) is 13.7 Å². The number of benzene rings is 4. The standard InChI is InChI=1S/C32H31ClN2O3/c1-38-29-18-14-24(15-19-29)20-21-34-32(37)31(27-10-6-3-7-11-27)35(23-26-8-4-2-5-9-26)30(36)22-25-12-16-28(33)17-13-25/h2-19,31H,20-23H2,1H3,(H,34,37)/t31-/m1/s1. The highest BCUT2D eigenvalue weighted by Gasteiger charge is 2.31. The smallest absolute Gasteiger partial charge is 0.247 e. The van der Waals surface area contributed by atoms with Gasteiger partial charge in [0.1, 0.15) is 11.8 Å². The van der Waals surface area contributed by atoms with Gasteiger partial charge in [0, 0.05) is 18.1 Å². The zero-order valence-corrected chi connectivity index (χ0v) is 22.1. The molecule has 0 aliphatic rings. The minimum atomic E-state index is -0.785. The lowest BCUT2D eigenvalue weighted by atomic mass is 10.0. The van der Waals surface area contributed by atoms with Crippen LogP contribution in [0.25, 0.3) is 0 Å². The Bertz CT molecular complexity index is 1310. The Labute approximate surface area is 229 Å². The molecule has 0 spiro atoms. The number of ether oxygens (including phenoxy) is 1. The quantitative estimate of drug-likeness (QED) is 0.260. The largest absolute Gasteiger partial charge is 0.497 e. The number of nitrogens with one attached hydrogen (secondary N) is 1. The number of hydrogen-bond acceptors (Lipinski definition) is 3. The first-order valence-corrected chi connectivity index (χ1v) is 12.9. The predicted octanol–water partition coefficient (Wildman–Crippen LogP) is 6.02. The minimum Gasteiger partial charge on any atom is -0.497 e. The summed E-state index contributed by atoms with van der Waals surface area (Å²) >= 11 is 6.04. The van der Waals surface area contributed by atoms with Gasteiger partial charge in [-0.05, 0) is 52.9 Å². The summed E-state index contributed by atoms with van der Waals surface area (Å²) in [5.74, 6) is 0.429. The van der Waals surface area contributed by atoms with Crippen molar-refractivity contribution in [1.29, 1.82) is 0 Å². The first-order valence-electron chi connectivity index (χ1n) is 12.6. The van der Waals surface area contributed by atoms with E-state index in [1.54, 1.807) is 24.1 Å². The Kier molecular flexibility index (Phi) is 9.54. The summed E-state index contributed by atoms with van der Waals surface area (Å²) in [4.78, 5) is 29.2. The van der Waals surface area contributed by atoms with Crippen LogP contribution in [0.15, 0.2) is 109 Å². The predicted molar refractivity (Wildman–Crippen MR) is 151 cm³/mol. The highest BCUT2D eigenvalue weighted by molar-refractivity contribution is 6.30. The number of rotatable bonds is 11. The molecule has 0 aliphatic carbocycles. The summed E-state index contributed by atoms with van der Waals surface area (Å²) in [6.07, 6.45) is 0.821. The van der Waals surface area contributed by atoms with E-state index in [1.165, 1.54) is 0 Å². The molecule has 0 fully saturated rings. The molecule has 4 aromatic rings. The van der Waals surface area contributed by atoms with Crippen molar-refractivity contribution in [3.8, 4) is 5.75 Å². The lowest BCUT2D eigenvalue weighted by Gasteiger charge is -2.32. The summed E-state index contributed by atoms with van der Waals surface area (Å²) < 4.78 is 5.22. The van der Waals surface area contributed by atoms with Gasteiger partial charge in [-0.3, -0.25) is 9.59 Å². The van der Waals surface area contributed by atoms with Gasteiger partial charge in [-0.2, -0.15) is 0 Å². The second-order valence-electron chi connectivity index (χ2n) is 9.01. The van der Waals surface area contributed by atoms with E-state index in [1.807, 2.05) is 97.1 Å². The van der Waals surface area contributed by atoms with Gasteiger partial charge in [-0.25, -0.2) is 0 Å². The van der Waals surface area contributed by atoms with Crippen LogP contribution in [0, 0.1) is 0 Å². The van der Waals surface area contributed by atoms with Crippen LogP contribution in [-0.4, -0.2) is 30.4 Å². The third-order valence-corrected chi connectivity index (χ3v) is 6.58. The molecule has 38 heavy (non-hydrogen) atoms. The molecule has 0 bridgehead atoms. The number of carbonyl (C=O) groups excluding carboxylic acids is 2. The summed E-state index contributed by atoms with van der Waals surface area (Å²) in [6, 6.07) is 33.4. The molecule has 0 radical (unpaired) electrons. The maximum Gasteiger partial charge on any atom is 0.247 e. The molecular weight excluding hydrogens is 496 g/mol. The zero-order valence-electron chi connectivity index (χ0n) is 21.3. The van der Waals surface area contributed by atoms with Gasteiger partial charge in [-0.15, -0.1) is 0 Å². The highest BCUT2D eigenvalue weighted by atomic mass is 35.5. The van der Waals surface area contributed by atoms with Crippen molar-refractivity contribution in [2.45, 2.75) is 25.4 Å². The average molecular weight is 527 g/mol. The van der Waals surface area contributed by atoms with Crippen LogP contribution in [0.2, 0.25) is 5.02 Å². The topological polar surface area (TPSA) is 58.6 Å². The van der Waals surface area contributed by atoms with Crippen LogP contribution in [0.4, 0.5) is 0 Å². The molecule has 0 aromatic heterocycles. The lowest BCUT2D eigenvalue weighted by Crippen LogP contribution is -2.44. The van der Waals surface area contributed by atoms with Gasteiger partial charge in [0.15, 0.2) is 0 Å². The van der Waals surface area contributed by atoms with E-state index in [0.29, 0.717) is 24.5 Å². The van der Waals surface area contributed by atoms with E-state index >= 15 is 0 Å². The van der Waals surface area contributed by atoms with Crippen LogP contribution in [-0.2, 0) is 29.0 Å². The molecule has 194 valence electrons. The van der Waals surface area contributed by atoms with Gasteiger partial charge >= 0.3 is 0 Å². The Morgan fingerprint density at radius 1 is 0.789 bits per heavy atom. The minimum absolute atomic E-state index is 0.143.